The summed E-state index contributed by atoms with van der Waals surface area (Å²) in [7, 11) is 0. The zero-order valence-electron chi connectivity index (χ0n) is 23.0. The van der Waals surface area contributed by atoms with Gasteiger partial charge in [0.2, 0.25) is 5.89 Å². The molecule has 0 radical (unpaired) electrons. The third kappa shape index (κ3) is 6.90. The van der Waals surface area contributed by atoms with Gasteiger partial charge in [-0.05, 0) is 43.1 Å². The summed E-state index contributed by atoms with van der Waals surface area (Å²) >= 11 is 0. The third-order valence-electron chi connectivity index (χ3n) is 6.08. The lowest BCUT2D eigenvalue weighted by Crippen LogP contribution is -2.35. The van der Waals surface area contributed by atoms with E-state index in [2.05, 4.69) is 40.9 Å². The third-order valence-corrected chi connectivity index (χ3v) is 6.08. The highest BCUT2D eigenvalue weighted by atomic mass is 19.1. The molecule has 3 aromatic rings. The van der Waals surface area contributed by atoms with E-state index in [-0.39, 0.29) is 34.5 Å². The number of rotatable bonds is 8. The van der Waals surface area contributed by atoms with Crippen LogP contribution in [0.5, 0.6) is 0 Å². The molecule has 0 amide bonds. The molecule has 1 fully saturated rings. The van der Waals surface area contributed by atoms with Crippen molar-refractivity contribution in [1.82, 2.24) is 14.7 Å². The molecule has 1 aliphatic heterocycles. The minimum absolute atomic E-state index is 0.0160. The van der Waals surface area contributed by atoms with Crippen LogP contribution in [-0.4, -0.2) is 45.1 Å². The molecule has 0 spiro atoms. The quantitative estimate of drug-likeness (QED) is 0.294. The maximum absolute atomic E-state index is 15.2. The van der Waals surface area contributed by atoms with Gasteiger partial charge in [-0.15, -0.1) is 0 Å². The monoisotopic (exact) mass is 542 g/mol. The molecule has 11 heteroatoms. The van der Waals surface area contributed by atoms with Crippen LogP contribution in [0.25, 0.3) is 5.70 Å². The second-order valence-electron chi connectivity index (χ2n) is 9.59. The van der Waals surface area contributed by atoms with Gasteiger partial charge in [0, 0.05) is 43.2 Å². The summed E-state index contributed by atoms with van der Waals surface area (Å²) in [5.41, 5.74) is 0.0267. The van der Waals surface area contributed by atoms with Crippen molar-refractivity contribution in [3.05, 3.63) is 59.6 Å². The first-order valence-electron chi connectivity index (χ1n) is 13.1. The van der Waals surface area contributed by atoms with E-state index in [0.29, 0.717) is 43.6 Å². The summed E-state index contributed by atoms with van der Waals surface area (Å²) in [5.74, 6) is -0.919. The summed E-state index contributed by atoms with van der Waals surface area (Å²) in [5, 5.41) is 15.9. The highest BCUT2D eigenvalue weighted by Gasteiger charge is 2.28. The Balaban J connectivity index is 0.00000134. The van der Waals surface area contributed by atoms with E-state index in [4.69, 9.17) is 9.63 Å². The van der Waals surface area contributed by atoms with Crippen molar-refractivity contribution in [1.29, 1.82) is 0 Å². The van der Waals surface area contributed by atoms with Gasteiger partial charge in [0.15, 0.2) is 5.82 Å². The van der Waals surface area contributed by atoms with Gasteiger partial charge in [-0.25, -0.2) is 18.6 Å². The van der Waals surface area contributed by atoms with Crippen molar-refractivity contribution in [3.8, 4) is 0 Å². The van der Waals surface area contributed by atoms with E-state index in [1.807, 2.05) is 18.7 Å². The predicted molar refractivity (Wildman–Crippen MR) is 149 cm³/mol. The number of hydrogen-bond acceptors (Lipinski definition) is 7. The molecule has 0 bridgehead atoms. The number of aromatic carboxylic acids is 1. The Morgan fingerprint density at radius 3 is 2.49 bits per heavy atom. The van der Waals surface area contributed by atoms with Crippen LogP contribution >= 0.6 is 0 Å². The highest BCUT2D eigenvalue weighted by molar-refractivity contribution is 5.89. The number of hydrogen-bond donors (Lipinski definition) is 2. The number of halogens is 2. The number of benzene rings is 1. The summed E-state index contributed by atoms with van der Waals surface area (Å²) in [4.78, 5) is 22.0. The smallest absolute Gasteiger partial charge is 0.335 e. The molecule has 0 atom stereocenters. The maximum Gasteiger partial charge on any atom is 0.335 e. The molecule has 1 aromatic carbocycles. The average Bonchev–Trinajstić information content (AvgIpc) is 3.51. The minimum Gasteiger partial charge on any atom is -0.478 e. The van der Waals surface area contributed by atoms with Gasteiger partial charge in [0.1, 0.15) is 11.6 Å². The molecule has 39 heavy (non-hydrogen) atoms. The van der Waals surface area contributed by atoms with Gasteiger partial charge in [-0.3, -0.25) is 0 Å². The first kappa shape index (κ1) is 29.5. The normalized spacial score (nSPS) is 14.0. The van der Waals surface area contributed by atoms with Gasteiger partial charge in [-0.1, -0.05) is 40.7 Å². The summed E-state index contributed by atoms with van der Waals surface area (Å²) in [6.07, 6.45) is 5.61. The molecule has 0 saturated carbocycles. The number of piperidine rings is 1. The number of carboxylic acids is 1. The molecule has 2 N–H and O–H groups in total. The largest absolute Gasteiger partial charge is 0.478 e. The Labute approximate surface area is 227 Å². The van der Waals surface area contributed by atoms with Gasteiger partial charge >= 0.3 is 5.97 Å². The number of anilines is 2. The van der Waals surface area contributed by atoms with Gasteiger partial charge in [-0.2, -0.15) is 4.98 Å². The van der Waals surface area contributed by atoms with Crippen LogP contribution in [0.1, 0.15) is 87.7 Å². The second kappa shape index (κ2) is 13.2. The molecule has 1 saturated heterocycles. The molecule has 3 heterocycles. The first-order valence-corrected chi connectivity index (χ1v) is 13.1. The summed E-state index contributed by atoms with van der Waals surface area (Å²) in [6, 6.07) is 3.40. The first-order chi connectivity index (χ1) is 18.6. The lowest BCUT2D eigenvalue weighted by Gasteiger charge is -2.32. The lowest BCUT2D eigenvalue weighted by molar-refractivity contribution is 0.0696. The van der Waals surface area contributed by atoms with Crippen LogP contribution < -0.4 is 10.2 Å². The van der Waals surface area contributed by atoms with E-state index in [1.54, 1.807) is 17.7 Å². The van der Waals surface area contributed by atoms with Crippen molar-refractivity contribution in [3.63, 3.8) is 0 Å². The Morgan fingerprint density at radius 1 is 1.28 bits per heavy atom. The number of carboxylic acid groups (broad SMARTS) is 1. The molecular weight excluding hydrogens is 506 g/mol. The SMILES string of the molecule is C=C(Nc1ccc(C(=O)O)cc1F)c1c(F)cn(C2CCN(c3noc(C(C)C)n3)CC2)c1/N=C\C.CCC. The van der Waals surface area contributed by atoms with Crippen LogP contribution in [0, 0.1) is 11.6 Å². The maximum atomic E-state index is 15.2. The Kier molecular flexibility index (Phi) is 9.97. The topological polar surface area (TPSA) is 109 Å². The standard InChI is InChI=1S/C25H28F2N6O3.C3H8/c1-5-28-22-21(15(4)29-20-7-6-16(24(34)35)12-18(20)26)19(27)13-33(22)17-8-10-32(11-9-17)25-30-23(14(2)3)36-31-25;1-3-2/h5-7,12-14,17,29H,4,8-11H2,1-3H3,(H,34,35);3H2,1-2H3/b28-5-;. The number of nitrogens with zero attached hydrogens (tertiary/aromatic N) is 5. The van der Waals surface area contributed by atoms with Gasteiger partial charge < -0.3 is 24.4 Å². The van der Waals surface area contributed by atoms with Crippen molar-refractivity contribution < 1.29 is 23.2 Å². The highest BCUT2D eigenvalue weighted by Crippen LogP contribution is 2.37. The van der Waals surface area contributed by atoms with Crippen LogP contribution in [0.3, 0.4) is 0 Å². The number of nitrogens with one attached hydrogen (secondary N) is 1. The summed E-state index contributed by atoms with van der Waals surface area (Å²) < 4.78 is 36.7. The molecule has 1 aliphatic rings. The number of aliphatic imine (C=N–C) groups is 1. The second-order valence-corrected chi connectivity index (χ2v) is 9.59. The van der Waals surface area contributed by atoms with Crippen LogP contribution in [0.15, 0.2) is 40.5 Å². The Hall–Kier alpha value is -4.02. The van der Waals surface area contributed by atoms with Gasteiger partial charge in [0.05, 0.1) is 16.8 Å². The lowest BCUT2D eigenvalue weighted by atomic mass is 10.1. The molecule has 0 unspecified atom stereocenters. The molecular formula is C28H36F2N6O3. The molecule has 2 aromatic heterocycles. The summed E-state index contributed by atoms with van der Waals surface area (Å²) in [6.45, 7) is 15.2. The van der Waals surface area contributed by atoms with Crippen molar-refractivity contribution in [2.45, 2.75) is 65.8 Å². The van der Waals surface area contributed by atoms with Gasteiger partial charge in [0.25, 0.3) is 5.95 Å². The fourth-order valence-electron chi connectivity index (χ4n) is 4.20. The van der Waals surface area contributed by atoms with E-state index in [0.717, 1.165) is 6.07 Å². The molecule has 210 valence electrons. The number of carbonyl (C=O) groups is 1. The average molecular weight is 543 g/mol. The van der Waals surface area contributed by atoms with Crippen LogP contribution in [0.4, 0.5) is 26.2 Å². The minimum atomic E-state index is -1.24. The van der Waals surface area contributed by atoms with Crippen molar-refractivity contribution in [2.75, 3.05) is 23.3 Å². The molecule has 0 aliphatic carbocycles. The fourth-order valence-corrected chi connectivity index (χ4v) is 4.20. The Morgan fingerprint density at radius 2 is 1.95 bits per heavy atom. The molecule has 4 rings (SSSR count). The van der Waals surface area contributed by atoms with Crippen LogP contribution in [0.2, 0.25) is 0 Å². The number of aromatic nitrogens is 3. The fraction of sp³-hybridized carbons (Fsp3) is 0.429. The van der Waals surface area contributed by atoms with E-state index in [9.17, 15) is 9.18 Å². The van der Waals surface area contributed by atoms with Crippen LogP contribution in [-0.2, 0) is 0 Å². The van der Waals surface area contributed by atoms with Crippen molar-refractivity contribution >= 4 is 35.3 Å². The Bertz CT molecular complexity index is 1320. The van der Waals surface area contributed by atoms with E-state index < -0.39 is 17.6 Å². The van der Waals surface area contributed by atoms with E-state index in [1.165, 1.54) is 24.8 Å². The zero-order chi connectivity index (χ0) is 28.7. The van der Waals surface area contributed by atoms with E-state index >= 15 is 4.39 Å². The predicted octanol–water partition coefficient (Wildman–Crippen LogP) is 7.03. The molecule has 9 nitrogen and oxygen atoms in total. The zero-order valence-corrected chi connectivity index (χ0v) is 23.0. The van der Waals surface area contributed by atoms with Crippen molar-refractivity contribution in [2.24, 2.45) is 4.99 Å².